The molecule has 34 heavy (non-hydrogen) atoms. The summed E-state index contributed by atoms with van der Waals surface area (Å²) in [6, 6.07) is 18.2. The van der Waals surface area contributed by atoms with Gasteiger partial charge in [-0.3, -0.25) is 14.2 Å². The SMILES string of the molecule is CCc1cc2c(cc1Cl)C(=O)/C(=C/c1cc3oc(-c4ccco4)nc3n1-c1ccccc1)C2=O. The lowest BCUT2D eigenvalue weighted by Crippen LogP contribution is -2.03. The molecule has 3 aromatic heterocycles. The van der Waals surface area contributed by atoms with E-state index in [4.69, 9.17) is 20.4 Å². The van der Waals surface area contributed by atoms with Crippen LogP contribution in [0.4, 0.5) is 0 Å². The molecule has 0 N–H and O–H groups in total. The second-order valence-corrected chi connectivity index (χ2v) is 8.39. The van der Waals surface area contributed by atoms with Crippen molar-refractivity contribution in [2.45, 2.75) is 13.3 Å². The number of fused-ring (bicyclic) bond motifs is 2. The van der Waals surface area contributed by atoms with Gasteiger partial charge in [0.05, 0.1) is 17.5 Å². The van der Waals surface area contributed by atoms with Crippen LogP contribution >= 0.6 is 11.6 Å². The highest BCUT2D eigenvalue weighted by Crippen LogP contribution is 2.35. The van der Waals surface area contributed by atoms with Crippen molar-refractivity contribution in [3.63, 3.8) is 0 Å². The monoisotopic (exact) mass is 468 g/mol. The van der Waals surface area contributed by atoms with Crippen LogP contribution in [-0.4, -0.2) is 21.1 Å². The number of nitrogens with zero attached hydrogens (tertiary/aromatic N) is 2. The van der Waals surface area contributed by atoms with Crippen molar-refractivity contribution in [3.05, 3.63) is 99.9 Å². The predicted molar refractivity (Wildman–Crippen MR) is 129 cm³/mol. The van der Waals surface area contributed by atoms with Crippen LogP contribution in [0, 0.1) is 0 Å². The lowest BCUT2D eigenvalue weighted by molar-refractivity contribution is 0.0990. The van der Waals surface area contributed by atoms with Gasteiger partial charge in [0, 0.05) is 27.9 Å². The molecule has 6 rings (SSSR count). The van der Waals surface area contributed by atoms with E-state index in [2.05, 4.69) is 4.98 Å². The maximum Gasteiger partial charge on any atom is 0.265 e. The summed E-state index contributed by atoms with van der Waals surface area (Å²) in [5.41, 5.74) is 4.12. The minimum Gasteiger partial charge on any atom is -0.459 e. The van der Waals surface area contributed by atoms with Gasteiger partial charge in [0.25, 0.3) is 5.89 Å². The summed E-state index contributed by atoms with van der Waals surface area (Å²) in [4.78, 5) is 31.0. The van der Waals surface area contributed by atoms with Crippen molar-refractivity contribution in [2.75, 3.05) is 0 Å². The van der Waals surface area contributed by atoms with Crippen LogP contribution in [0.1, 0.15) is 38.9 Å². The van der Waals surface area contributed by atoms with Crippen LogP contribution in [0.3, 0.4) is 0 Å². The number of aryl methyl sites for hydroxylation is 1. The molecule has 0 amide bonds. The van der Waals surface area contributed by atoms with Crippen molar-refractivity contribution < 1.29 is 18.4 Å². The molecular weight excluding hydrogens is 452 g/mol. The fourth-order valence-corrected chi connectivity index (χ4v) is 4.59. The molecule has 5 aromatic rings. The summed E-state index contributed by atoms with van der Waals surface area (Å²) >= 11 is 6.31. The van der Waals surface area contributed by atoms with E-state index in [1.807, 2.05) is 41.8 Å². The molecule has 0 fully saturated rings. The Morgan fingerprint density at radius 2 is 1.76 bits per heavy atom. The van der Waals surface area contributed by atoms with E-state index in [1.54, 1.807) is 42.7 Å². The average Bonchev–Trinajstić information content (AvgIpc) is 3.61. The third-order valence-electron chi connectivity index (χ3n) is 5.97. The molecule has 0 aliphatic heterocycles. The Hall–Kier alpha value is -4.16. The molecular formula is C27H17ClN2O4. The summed E-state index contributed by atoms with van der Waals surface area (Å²) in [7, 11) is 0. The highest BCUT2D eigenvalue weighted by atomic mass is 35.5. The third kappa shape index (κ3) is 3.07. The first-order valence-electron chi connectivity index (χ1n) is 10.8. The van der Waals surface area contributed by atoms with Gasteiger partial charge in [-0.2, -0.15) is 4.98 Å². The Morgan fingerprint density at radius 3 is 2.47 bits per heavy atom. The molecule has 0 spiro atoms. The average molecular weight is 469 g/mol. The van der Waals surface area contributed by atoms with Gasteiger partial charge in [0.15, 0.2) is 28.6 Å². The van der Waals surface area contributed by atoms with Gasteiger partial charge in [-0.15, -0.1) is 0 Å². The van der Waals surface area contributed by atoms with E-state index in [-0.39, 0.29) is 17.1 Å². The van der Waals surface area contributed by atoms with Crippen molar-refractivity contribution in [2.24, 2.45) is 0 Å². The van der Waals surface area contributed by atoms with Crippen molar-refractivity contribution >= 4 is 40.5 Å². The Morgan fingerprint density at radius 1 is 1.00 bits per heavy atom. The van der Waals surface area contributed by atoms with E-state index < -0.39 is 0 Å². The molecule has 6 nitrogen and oxygen atoms in total. The number of hydrogen-bond acceptors (Lipinski definition) is 5. The van der Waals surface area contributed by atoms with E-state index in [9.17, 15) is 9.59 Å². The highest BCUT2D eigenvalue weighted by Gasteiger charge is 2.34. The molecule has 0 saturated heterocycles. The molecule has 2 aromatic carbocycles. The topological polar surface area (TPSA) is 78.2 Å². The zero-order valence-corrected chi connectivity index (χ0v) is 18.8. The first kappa shape index (κ1) is 20.4. The second-order valence-electron chi connectivity index (χ2n) is 7.98. The quantitative estimate of drug-likeness (QED) is 0.220. The van der Waals surface area contributed by atoms with Gasteiger partial charge < -0.3 is 8.83 Å². The number of aromatic nitrogens is 2. The smallest absolute Gasteiger partial charge is 0.265 e. The first-order chi connectivity index (χ1) is 16.5. The minimum atomic E-state index is -0.341. The fourth-order valence-electron chi connectivity index (χ4n) is 4.30. The van der Waals surface area contributed by atoms with E-state index >= 15 is 0 Å². The Balaban J connectivity index is 1.53. The molecule has 7 heteroatoms. The zero-order valence-electron chi connectivity index (χ0n) is 18.0. The predicted octanol–water partition coefficient (Wildman–Crippen LogP) is 6.56. The summed E-state index contributed by atoms with van der Waals surface area (Å²) < 4.78 is 13.2. The number of para-hydroxylation sites is 1. The van der Waals surface area contributed by atoms with Crippen LogP contribution in [-0.2, 0) is 6.42 Å². The summed E-state index contributed by atoms with van der Waals surface area (Å²) in [5.74, 6) is 0.205. The number of ketones is 2. The number of benzene rings is 2. The van der Waals surface area contributed by atoms with Gasteiger partial charge in [0.1, 0.15) is 0 Å². The molecule has 1 aliphatic carbocycles. The summed E-state index contributed by atoms with van der Waals surface area (Å²) in [5, 5.41) is 0.489. The van der Waals surface area contributed by atoms with Crippen molar-refractivity contribution in [1.82, 2.24) is 9.55 Å². The lowest BCUT2D eigenvalue weighted by atomic mass is 10.0. The van der Waals surface area contributed by atoms with E-state index in [0.717, 1.165) is 11.3 Å². The fraction of sp³-hybridized carbons (Fsp3) is 0.0741. The number of furan rings is 1. The minimum absolute atomic E-state index is 0.0860. The molecule has 0 radical (unpaired) electrons. The second kappa shape index (κ2) is 7.71. The van der Waals surface area contributed by atoms with Gasteiger partial charge in [-0.05, 0) is 54.5 Å². The van der Waals surface area contributed by atoms with Gasteiger partial charge in [-0.25, -0.2) is 0 Å². The van der Waals surface area contributed by atoms with Crippen molar-refractivity contribution in [1.29, 1.82) is 0 Å². The number of halogens is 1. The molecule has 1 aliphatic rings. The van der Waals surface area contributed by atoms with Crippen LogP contribution in [0.2, 0.25) is 5.02 Å². The molecule has 0 bridgehead atoms. The maximum atomic E-state index is 13.2. The largest absolute Gasteiger partial charge is 0.459 e. The number of carbonyl (C=O) groups is 2. The highest BCUT2D eigenvalue weighted by molar-refractivity contribution is 6.42. The molecule has 3 heterocycles. The molecule has 166 valence electrons. The number of carbonyl (C=O) groups excluding carboxylic acids is 2. The number of oxazole rings is 1. The number of rotatable bonds is 4. The van der Waals surface area contributed by atoms with Crippen LogP contribution in [0.15, 0.2) is 81.3 Å². The summed E-state index contributed by atoms with van der Waals surface area (Å²) in [6.45, 7) is 1.96. The zero-order chi connectivity index (χ0) is 23.4. The lowest BCUT2D eigenvalue weighted by Gasteiger charge is -2.07. The van der Waals surface area contributed by atoms with E-state index in [1.165, 1.54) is 0 Å². The van der Waals surface area contributed by atoms with Gasteiger partial charge in [0.2, 0.25) is 0 Å². The van der Waals surface area contributed by atoms with Crippen LogP contribution < -0.4 is 0 Å². The molecule has 0 unspecified atom stereocenters. The van der Waals surface area contributed by atoms with Crippen LogP contribution in [0.5, 0.6) is 0 Å². The number of hydrogen-bond donors (Lipinski definition) is 0. The van der Waals surface area contributed by atoms with Gasteiger partial charge >= 0.3 is 0 Å². The van der Waals surface area contributed by atoms with Crippen molar-refractivity contribution in [3.8, 4) is 17.3 Å². The van der Waals surface area contributed by atoms with Crippen LogP contribution in [0.25, 0.3) is 34.6 Å². The Labute approximate surface area is 199 Å². The number of allylic oxidation sites excluding steroid dienone is 1. The maximum absolute atomic E-state index is 13.2. The Kier molecular flexibility index (Phi) is 4.64. The third-order valence-corrected chi connectivity index (χ3v) is 6.32. The van der Waals surface area contributed by atoms with Gasteiger partial charge in [-0.1, -0.05) is 36.7 Å². The Bertz CT molecular complexity index is 1620. The molecule has 0 saturated carbocycles. The number of Topliss-reactive ketones (excluding diaryl/α,β-unsaturated/α-hetero) is 2. The standard InChI is InChI=1S/C27H17ClN2O4/c1-2-15-11-18-19(14-21(15)28)25(32)20(24(18)31)12-17-13-23-26(30(17)16-7-4-3-5-8-16)29-27(34-23)22-9-6-10-33-22/h3-14H,2H2,1H3/b20-12+. The first-order valence-corrected chi connectivity index (χ1v) is 11.2. The summed E-state index contributed by atoms with van der Waals surface area (Å²) in [6.07, 6.45) is 3.82. The molecule has 0 atom stereocenters. The van der Waals surface area contributed by atoms with E-state index in [0.29, 0.717) is 51.1 Å². The normalized spacial score (nSPS) is 14.5.